The molecule has 24 nitrogen and oxygen atoms in total. The molecule has 0 fully saturated rings. The maximum atomic E-state index is 14.6. The van der Waals surface area contributed by atoms with Crippen molar-refractivity contribution in [3.8, 4) is 0 Å². The summed E-state index contributed by atoms with van der Waals surface area (Å²) in [6.07, 6.45) is -5.02. The number of aliphatic hydroxyl groups is 1. The van der Waals surface area contributed by atoms with E-state index in [2.05, 4.69) is 26.6 Å². The Balaban J connectivity index is 3.65. The third-order valence-electron chi connectivity index (χ3n) is 10.6. The smallest absolute Gasteiger partial charge is 0.303 e. The van der Waals surface area contributed by atoms with Crippen LogP contribution < -0.4 is 49.5 Å². The average molecular weight is 963 g/mol. The molecule has 0 saturated heterocycles. The van der Waals surface area contributed by atoms with Gasteiger partial charge in [-0.3, -0.25) is 57.6 Å². The van der Waals surface area contributed by atoms with Gasteiger partial charge in [0.05, 0.1) is 25.0 Å². The Labute approximate surface area is 394 Å². The molecule has 380 valence electrons. The van der Waals surface area contributed by atoms with Crippen molar-refractivity contribution in [2.45, 2.75) is 154 Å². The predicted octanol–water partition coefficient (Wildman–Crippen LogP) is -2.75. The molecule has 9 amide bonds. The highest BCUT2D eigenvalue weighted by molar-refractivity contribution is 6.06. The molecule has 9 atom stereocenters. The van der Waals surface area contributed by atoms with Gasteiger partial charge >= 0.3 is 11.9 Å². The SMILES string of the molecule is CC(C)CC(N)C(O)CC(=O)N(C(=O)[C@H](CC(N)=O)NC(=O)[C@@H](NC(=O)[C@@H](N)CCC(=O)O)C(C)C)[C@H](C(=O)N[C@@H](C)C(=O)N[C@@H](CCC(=O)O)C(=O)N[C@@H](Cc1ccccc1)C(N)=O)C(C)C. The van der Waals surface area contributed by atoms with E-state index in [9.17, 15) is 63.0 Å². The second kappa shape index (κ2) is 28.6. The van der Waals surface area contributed by atoms with E-state index >= 15 is 0 Å². The molecule has 0 aliphatic heterocycles. The van der Waals surface area contributed by atoms with Crippen molar-refractivity contribution in [1.29, 1.82) is 0 Å². The zero-order valence-electron chi connectivity index (χ0n) is 39.6. The lowest BCUT2D eigenvalue weighted by Crippen LogP contribution is -2.63. The summed E-state index contributed by atoms with van der Waals surface area (Å²) in [5.41, 5.74) is 23.6. The fourth-order valence-electron chi connectivity index (χ4n) is 6.84. The van der Waals surface area contributed by atoms with Crippen molar-refractivity contribution in [3.63, 3.8) is 0 Å². The first-order chi connectivity index (χ1) is 31.6. The van der Waals surface area contributed by atoms with Gasteiger partial charge in [-0.05, 0) is 49.5 Å². The van der Waals surface area contributed by atoms with Gasteiger partial charge < -0.3 is 64.8 Å². The molecule has 1 aromatic rings. The first-order valence-electron chi connectivity index (χ1n) is 22.2. The molecule has 0 aromatic heterocycles. The minimum atomic E-state index is -1.99. The van der Waals surface area contributed by atoms with E-state index in [0.29, 0.717) is 10.5 Å². The highest BCUT2D eigenvalue weighted by atomic mass is 16.4. The van der Waals surface area contributed by atoms with Crippen molar-refractivity contribution < 1.29 is 68.1 Å². The van der Waals surface area contributed by atoms with Crippen LogP contribution in [-0.4, -0.2) is 140 Å². The zero-order valence-corrected chi connectivity index (χ0v) is 39.6. The van der Waals surface area contributed by atoms with Crippen LogP contribution in [0.15, 0.2) is 30.3 Å². The molecule has 2 unspecified atom stereocenters. The summed E-state index contributed by atoms with van der Waals surface area (Å²) in [6, 6.07) is -3.58. The number of aliphatic hydroxyl groups excluding tert-OH is 1. The molecule has 24 heteroatoms. The average Bonchev–Trinajstić information content (AvgIpc) is 3.23. The standard InChI is InChI=1S/C44H70N10O14/c1-21(2)17-27(46)31(55)20-33(57)54(44(68)30(19-32(47)56)52-42(66)36(22(3)4)53-40(64)26(45)13-15-34(58)59)37(23(5)6)43(67)49-24(7)39(63)50-28(14-16-35(60)61)41(65)51-29(38(48)62)18-25-11-9-8-10-12-25/h8-12,21-24,26-31,36-37,55H,13-20,45-46H2,1-7H3,(H2,47,56)(H2,48,62)(H,49,67)(H,50,63)(H,51,65)(H,52,66)(H,53,64)(H,58,59)(H,60,61)/t24-,26-,27?,28-,29-,30-,31?,36-,37-/m0/s1. The number of carboxylic acids is 2. The number of amides is 9. The van der Waals surface area contributed by atoms with Crippen LogP contribution in [0.5, 0.6) is 0 Å². The second-order valence-electron chi connectivity index (χ2n) is 17.7. The molecule has 0 aliphatic carbocycles. The summed E-state index contributed by atoms with van der Waals surface area (Å²) in [7, 11) is 0. The predicted molar refractivity (Wildman–Crippen MR) is 244 cm³/mol. The van der Waals surface area contributed by atoms with E-state index in [1.165, 1.54) is 34.6 Å². The molecular weight excluding hydrogens is 893 g/mol. The van der Waals surface area contributed by atoms with E-state index in [4.69, 9.17) is 28.0 Å². The number of imide groups is 1. The van der Waals surface area contributed by atoms with Crippen molar-refractivity contribution in [2.24, 2.45) is 40.7 Å². The second-order valence-corrected chi connectivity index (χ2v) is 17.7. The fraction of sp³-hybridized carbons (Fsp3) is 0.614. The van der Waals surface area contributed by atoms with Crippen molar-refractivity contribution >= 4 is 65.1 Å². The van der Waals surface area contributed by atoms with Crippen LogP contribution in [0.2, 0.25) is 0 Å². The topological polar surface area (TPSA) is 416 Å². The highest BCUT2D eigenvalue weighted by Gasteiger charge is 2.43. The summed E-state index contributed by atoms with van der Waals surface area (Å²) >= 11 is 0. The van der Waals surface area contributed by atoms with Gasteiger partial charge in [0, 0.05) is 25.3 Å². The Morgan fingerprint density at radius 3 is 1.66 bits per heavy atom. The van der Waals surface area contributed by atoms with Gasteiger partial charge in [0.2, 0.25) is 47.3 Å². The van der Waals surface area contributed by atoms with Crippen LogP contribution in [0.25, 0.3) is 0 Å². The van der Waals surface area contributed by atoms with Crippen molar-refractivity contribution in [2.75, 3.05) is 0 Å². The third-order valence-corrected chi connectivity index (χ3v) is 10.6. The Hall–Kier alpha value is -6.53. The Morgan fingerprint density at radius 2 is 1.16 bits per heavy atom. The lowest BCUT2D eigenvalue weighted by atomic mass is 9.95. The molecule has 16 N–H and O–H groups in total. The number of benzene rings is 1. The van der Waals surface area contributed by atoms with Gasteiger partial charge in [0.15, 0.2) is 0 Å². The van der Waals surface area contributed by atoms with Crippen LogP contribution in [-0.2, 0) is 59.2 Å². The Kier molecular flexibility index (Phi) is 25.0. The number of nitrogens with zero attached hydrogens (tertiary/aromatic N) is 1. The van der Waals surface area contributed by atoms with Crippen LogP contribution in [0.3, 0.4) is 0 Å². The number of hydrogen-bond acceptors (Lipinski definition) is 14. The van der Waals surface area contributed by atoms with Crippen molar-refractivity contribution in [3.05, 3.63) is 35.9 Å². The van der Waals surface area contributed by atoms with Gasteiger partial charge in [0.1, 0.15) is 36.3 Å². The highest BCUT2D eigenvalue weighted by Crippen LogP contribution is 2.20. The van der Waals surface area contributed by atoms with E-state index in [1.54, 1.807) is 44.2 Å². The first-order valence-corrected chi connectivity index (χ1v) is 22.2. The van der Waals surface area contributed by atoms with Crippen LogP contribution in [0.1, 0.15) is 99.0 Å². The zero-order chi connectivity index (χ0) is 52.2. The van der Waals surface area contributed by atoms with E-state index < -0.39 is 163 Å². The molecule has 0 spiro atoms. The number of primary amides is 2. The molecule has 0 radical (unpaired) electrons. The molecule has 0 saturated carbocycles. The number of carboxylic acid groups (broad SMARTS) is 2. The Morgan fingerprint density at radius 1 is 0.618 bits per heavy atom. The summed E-state index contributed by atoms with van der Waals surface area (Å²) in [6.45, 7) is 10.6. The minimum absolute atomic E-state index is 0.0388. The summed E-state index contributed by atoms with van der Waals surface area (Å²) in [5, 5.41) is 41.3. The number of aliphatic carboxylic acids is 2. The van der Waals surface area contributed by atoms with Gasteiger partial charge in [0.25, 0.3) is 5.91 Å². The number of rotatable bonds is 30. The molecular formula is C44H70N10O14. The maximum Gasteiger partial charge on any atom is 0.303 e. The fourth-order valence-corrected chi connectivity index (χ4v) is 6.84. The number of carbonyl (C=O) groups excluding carboxylic acids is 9. The van der Waals surface area contributed by atoms with E-state index in [0.717, 1.165) is 0 Å². The largest absolute Gasteiger partial charge is 0.481 e. The van der Waals surface area contributed by atoms with Gasteiger partial charge in [-0.25, -0.2) is 0 Å². The molecule has 0 bridgehead atoms. The molecule has 68 heavy (non-hydrogen) atoms. The quantitative estimate of drug-likeness (QED) is 0.0372. The molecule has 0 aliphatic rings. The molecule has 1 aromatic carbocycles. The maximum absolute atomic E-state index is 14.6. The summed E-state index contributed by atoms with van der Waals surface area (Å²) < 4.78 is 0. The summed E-state index contributed by atoms with van der Waals surface area (Å²) in [4.78, 5) is 145. The monoisotopic (exact) mass is 963 g/mol. The van der Waals surface area contributed by atoms with Gasteiger partial charge in [-0.1, -0.05) is 71.9 Å². The number of nitrogens with two attached hydrogens (primary N) is 4. The van der Waals surface area contributed by atoms with E-state index in [-0.39, 0.29) is 25.2 Å². The lowest BCUT2D eigenvalue weighted by Gasteiger charge is -2.36. The lowest BCUT2D eigenvalue weighted by molar-refractivity contribution is -0.157. The molecule has 0 heterocycles. The van der Waals surface area contributed by atoms with Crippen LogP contribution in [0.4, 0.5) is 0 Å². The van der Waals surface area contributed by atoms with Crippen LogP contribution >= 0.6 is 0 Å². The summed E-state index contributed by atoms with van der Waals surface area (Å²) in [5.74, 6) is -14.1. The van der Waals surface area contributed by atoms with E-state index in [1.807, 2.05) is 0 Å². The minimum Gasteiger partial charge on any atom is -0.481 e. The normalized spacial score (nSPS) is 15.2. The number of hydrogen-bond donors (Lipinski definition) is 12. The number of nitrogens with one attached hydrogen (secondary N) is 5. The van der Waals surface area contributed by atoms with Gasteiger partial charge in [-0.2, -0.15) is 0 Å². The first kappa shape index (κ1) is 59.5. The number of carbonyl (C=O) groups is 11. The third kappa shape index (κ3) is 20.5. The van der Waals surface area contributed by atoms with Crippen LogP contribution in [0, 0.1) is 17.8 Å². The van der Waals surface area contributed by atoms with Crippen molar-refractivity contribution in [1.82, 2.24) is 31.5 Å². The van der Waals surface area contributed by atoms with Gasteiger partial charge in [-0.15, -0.1) is 0 Å². The molecule has 1 rings (SSSR count). The Bertz CT molecular complexity index is 1950.